The molecule has 0 aromatic rings. The molecule has 4 N–H and O–H groups in total. The predicted octanol–water partition coefficient (Wildman–Crippen LogP) is -0.690. The van der Waals surface area contributed by atoms with Crippen LogP contribution in [0.3, 0.4) is 0 Å². The molecule has 0 aliphatic heterocycles. The summed E-state index contributed by atoms with van der Waals surface area (Å²) in [6.07, 6.45) is 6.64. The van der Waals surface area contributed by atoms with Gasteiger partial charge in [0.15, 0.2) is 5.54 Å². The van der Waals surface area contributed by atoms with Crippen molar-refractivity contribution in [2.24, 2.45) is 11.5 Å². The third-order valence-electron chi connectivity index (χ3n) is 1.89. The van der Waals surface area contributed by atoms with E-state index in [9.17, 15) is 4.79 Å². The van der Waals surface area contributed by atoms with Gasteiger partial charge in [0.1, 0.15) is 0 Å². The van der Waals surface area contributed by atoms with E-state index in [-0.39, 0.29) is 0 Å². The minimum absolute atomic E-state index is 0.518. The van der Waals surface area contributed by atoms with Crippen LogP contribution in [0, 0.1) is 0 Å². The first kappa shape index (κ1) is 8.96. The maximum Gasteiger partial charge on any atom is 0.331 e. The van der Waals surface area contributed by atoms with E-state index in [1.807, 2.05) is 0 Å². The van der Waals surface area contributed by atoms with Crippen molar-refractivity contribution in [2.75, 3.05) is 7.11 Å². The van der Waals surface area contributed by atoms with Crippen molar-refractivity contribution in [3.8, 4) is 0 Å². The quantitative estimate of drug-likeness (QED) is 0.508. The molecule has 66 valence electrons. The monoisotopic (exact) mass is 168 g/mol. The third-order valence-corrected chi connectivity index (χ3v) is 1.89. The maximum atomic E-state index is 11.2. The summed E-state index contributed by atoms with van der Waals surface area (Å²) < 4.78 is 4.53. The van der Waals surface area contributed by atoms with E-state index >= 15 is 0 Å². The van der Waals surface area contributed by atoms with Gasteiger partial charge in [-0.15, -0.1) is 0 Å². The van der Waals surface area contributed by atoms with Crippen LogP contribution in [0.5, 0.6) is 0 Å². The molecule has 1 rings (SSSR count). The highest BCUT2D eigenvalue weighted by Crippen LogP contribution is 2.14. The van der Waals surface area contributed by atoms with Crippen molar-refractivity contribution in [3.05, 3.63) is 24.3 Å². The van der Waals surface area contributed by atoms with E-state index in [4.69, 9.17) is 11.5 Å². The summed E-state index contributed by atoms with van der Waals surface area (Å²) in [6, 6.07) is -0.519. The molecule has 0 aromatic heterocycles. The number of rotatable bonds is 1. The first-order valence-electron chi connectivity index (χ1n) is 3.60. The Hall–Kier alpha value is -1.13. The molecule has 4 heteroatoms. The zero-order chi connectivity index (χ0) is 9.19. The van der Waals surface area contributed by atoms with Crippen LogP contribution < -0.4 is 11.5 Å². The number of carbonyl (C=O) groups excluding carboxylic acids is 1. The van der Waals surface area contributed by atoms with Crippen LogP contribution in [0.15, 0.2) is 24.3 Å². The van der Waals surface area contributed by atoms with Gasteiger partial charge in [-0.25, -0.2) is 4.79 Å². The van der Waals surface area contributed by atoms with Crippen LogP contribution in [-0.4, -0.2) is 24.7 Å². The highest BCUT2D eigenvalue weighted by molar-refractivity contribution is 5.85. The highest BCUT2D eigenvalue weighted by atomic mass is 16.5. The number of hydrogen-bond donors (Lipinski definition) is 2. The average Bonchev–Trinajstić information content (AvgIpc) is 2.09. The first-order chi connectivity index (χ1) is 5.61. The van der Waals surface area contributed by atoms with E-state index in [2.05, 4.69) is 4.74 Å². The van der Waals surface area contributed by atoms with Gasteiger partial charge >= 0.3 is 5.97 Å². The molecule has 0 fully saturated rings. The third kappa shape index (κ3) is 1.26. The van der Waals surface area contributed by atoms with E-state index < -0.39 is 17.6 Å². The van der Waals surface area contributed by atoms with E-state index in [1.165, 1.54) is 7.11 Å². The molecule has 4 nitrogen and oxygen atoms in total. The minimum atomic E-state index is -1.20. The van der Waals surface area contributed by atoms with Gasteiger partial charge in [0.2, 0.25) is 0 Å². The molecule has 2 atom stereocenters. The lowest BCUT2D eigenvalue weighted by atomic mass is 9.88. The zero-order valence-corrected chi connectivity index (χ0v) is 6.86. The van der Waals surface area contributed by atoms with Crippen LogP contribution in [0.2, 0.25) is 0 Å². The second-order valence-electron chi connectivity index (χ2n) is 2.69. The molecule has 1 aliphatic rings. The van der Waals surface area contributed by atoms with Gasteiger partial charge in [-0.05, 0) is 0 Å². The number of ether oxygens (including phenoxy) is 1. The summed E-state index contributed by atoms with van der Waals surface area (Å²) in [5.41, 5.74) is 10.1. The Labute approximate surface area is 70.9 Å². The van der Waals surface area contributed by atoms with Crippen LogP contribution in [0.4, 0.5) is 0 Å². The SMILES string of the molecule is COC(=O)C1(N)C=CC=CC1N. The number of nitrogens with two attached hydrogens (primary N) is 2. The van der Waals surface area contributed by atoms with E-state index in [0.29, 0.717) is 0 Å². The summed E-state index contributed by atoms with van der Waals surface area (Å²) in [5.74, 6) is -0.518. The lowest BCUT2D eigenvalue weighted by Gasteiger charge is -2.28. The zero-order valence-electron chi connectivity index (χ0n) is 6.86. The fourth-order valence-corrected chi connectivity index (χ4v) is 1.05. The van der Waals surface area contributed by atoms with Crippen molar-refractivity contribution in [2.45, 2.75) is 11.6 Å². The van der Waals surface area contributed by atoms with Crippen molar-refractivity contribution < 1.29 is 9.53 Å². The van der Waals surface area contributed by atoms with Crippen LogP contribution in [-0.2, 0) is 9.53 Å². The second-order valence-corrected chi connectivity index (χ2v) is 2.69. The Morgan fingerprint density at radius 1 is 1.58 bits per heavy atom. The lowest BCUT2D eigenvalue weighted by Crippen LogP contribution is -2.59. The van der Waals surface area contributed by atoms with Crippen LogP contribution in [0.25, 0.3) is 0 Å². The Bertz CT molecular complexity index is 247. The van der Waals surface area contributed by atoms with Crippen molar-refractivity contribution >= 4 is 5.97 Å². The van der Waals surface area contributed by atoms with Gasteiger partial charge in [-0.1, -0.05) is 24.3 Å². The van der Waals surface area contributed by atoms with Gasteiger partial charge in [0.25, 0.3) is 0 Å². The van der Waals surface area contributed by atoms with Crippen LogP contribution in [0.1, 0.15) is 0 Å². The molecule has 0 saturated heterocycles. The average molecular weight is 168 g/mol. The fourth-order valence-electron chi connectivity index (χ4n) is 1.05. The molecule has 0 heterocycles. The minimum Gasteiger partial charge on any atom is -0.467 e. The molecule has 12 heavy (non-hydrogen) atoms. The predicted molar refractivity (Wildman–Crippen MR) is 45.2 cm³/mol. The van der Waals surface area contributed by atoms with E-state index in [1.54, 1.807) is 24.3 Å². The summed E-state index contributed by atoms with van der Waals surface area (Å²) in [7, 11) is 1.29. The van der Waals surface area contributed by atoms with Gasteiger partial charge in [0, 0.05) is 0 Å². The smallest absolute Gasteiger partial charge is 0.331 e. The number of allylic oxidation sites excluding steroid dienone is 2. The van der Waals surface area contributed by atoms with Gasteiger partial charge in [-0.3, -0.25) is 0 Å². The number of hydrogen-bond acceptors (Lipinski definition) is 4. The molecule has 0 bridgehead atoms. The maximum absolute atomic E-state index is 11.2. The molecule has 0 saturated carbocycles. The van der Waals surface area contributed by atoms with E-state index in [0.717, 1.165) is 0 Å². The number of carbonyl (C=O) groups is 1. The largest absolute Gasteiger partial charge is 0.467 e. The second kappa shape index (κ2) is 3.08. The Balaban J connectivity index is 2.90. The Morgan fingerprint density at radius 3 is 2.75 bits per heavy atom. The first-order valence-corrected chi connectivity index (χ1v) is 3.60. The van der Waals surface area contributed by atoms with Gasteiger partial charge in [0.05, 0.1) is 13.2 Å². The van der Waals surface area contributed by atoms with Crippen molar-refractivity contribution in [1.82, 2.24) is 0 Å². The number of esters is 1. The fraction of sp³-hybridized carbons (Fsp3) is 0.375. The highest BCUT2D eigenvalue weighted by Gasteiger charge is 2.38. The summed E-state index contributed by atoms with van der Waals surface area (Å²) in [4.78, 5) is 11.2. The molecule has 2 unspecified atom stereocenters. The molecular formula is C8H12N2O2. The Kier molecular flexibility index (Phi) is 2.30. The summed E-state index contributed by atoms with van der Waals surface area (Å²) in [6.45, 7) is 0. The molecule has 0 radical (unpaired) electrons. The lowest BCUT2D eigenvalue weighted by molar-refractivity contribution is -0.145. The van der Waals surface area contributed by atoms with Crippen molar-refractivity contribution in [1.29, 1.82) is 0 Å². The topological polar surface area (TPSA) is 78.3 Å². The molecular weight excluding hydrogens is 156 g/mol. The molecule has 0 amide bonds. The Morgan fingerprint density at radius 2 is 2.25 bits per heavy atom. The van der Waals surface area contributed by atoms with Crippen LogP contribution >= 0.6 is 0 Å². The molecule has 0 spiro atoms. The van der Waals surface area contributed by atoms with Gasteiger partial charge in [-0.2, -0.15) is 0 Å². The summed E-state index contributed by atoms with van der Waals surface area (Å²) >= 11 is 0. The molecule has 0 aromatic carbocycles. The normalized spacial score (nSPS) is 33.4. The van der Waals surface area contributed by atoms with Gasteiger partial charge < -0.3 is 16.2 Å². The standard InChI is InChI=1S/C8H12N2O2/c1-12-7(11)8(10)5-3-2-4-6(8)9/h2-6H,9-10H2,1H3. The van der Waals surface area contributed by atoms with Crippen molar-refractivity contribution in [3.63, 3.8) is 0 Å². The summed E-state index contributed by atoms with van der Waals surface area (Å²) in [5, 5.41) is 0. The molecule has 1 aliphatic carbocycles. The number of methoxy groups -OCH3 is 1.